The fraction of sp³-hybridized carbons (Fsp3) is 0.625. The Labute approximate surface area is 277 Å². The van der Waals surface area contributed by atoms with E-state index in [9.17, 15) is 0 Å². The Hall–Kier alpha value is -0.710. The van der Waals surface area contributed by atoms with Crippen LogP contribution >= 0.6 is 0 Å². The maximum Gasteiger partial charge on any atom is 0.495 e. The Morgan fingerprint density at radius 2 is 0.762 bits per heavy atom. The van der Waals surface area contributed by atoms with E-state index in [4.69, 9.17) is 18.6 Å². The van der Waals surface area contributed by atoms with Crippen LogP contribution in [0, 0.1) is 0 Å². The van der Waals surface area contributed by atoms with Gasteiger partial charge in [-0.3, -0.25) is 0 Å². The van der Waals surface area contributed by atoms with Gasteiger partial charge in [0.05, 0.1) is 64.7 Å². The molecule has 0 saturated carbocycles. The van der Waals surface area contributed by atoms with E-state index in [1.165, 1.54) is 22.3 Å². The summed E-state index contributed by atoms with van der Waals surface area (Å²) >= 11 is 0. The third kappa shape index (κ3) is 7.92. The van der Waals surface area contributed by atoms with Crippen molar-refractivity contribution < 1.29 is 61.5 Å². The van der Waals surface area contributed by atoms with E-state index in [1.54, 1.807) is 0 Å². The van der Waals surface area contributed by atoms with Gasteiger partial charge in [-0.1, -0.05) is 24.3 Å². The lowest BCUT2D eigenvalue weighted by atomic mass is 9.73. The number of hydrogen-bond donors (Lipinski definition) is 0. The fourth-order valence-electron chi connectivity index (χ4n) is 5.27. The van der Waals surface area contributed by atoms with Crippen LogP contribution in [0.4, 0.5) is 0 Å². The van der Waals surface area contributed by atoms with Crippen molar-refractivity contribution in [1.82, 2.24) is 0 Å². The standard InChI is InChI=1S/C32H52B2N2O4.2BrH/c1-29(2)30(3,4)38-33(37-29)27-17-15-23(19-25(27)21-35(9,10)11)24-16-18-28(26(20-24)22-36(12,13)14)34-39-31(5,6)32(7,8)40-34;;/h15-20H,21-22H2,1-14H3;2*1H/q+2;;/p-2. The molecule has 0 radical (unpaired) electrons. The molecular formula is C32H52B2Br2N2O4. The van der Waals surface area contributed by atoms with Gasteiger partial charge in [0, 0.05) is 11.1 Å². The number of hydrogen-bond acceptors (Lipinski definition) is 4. The molecule has 0 spiro atoms. The van der Waals surface area contributed by atoms with Crippen molar-refractivity contribution in [2.45, 2.75) is 90.9 Å². The summed E-state index contributed by atoms with van der Waals surface area (Å²) in [4.78, 5) is 0. The van der Waals surface area contributed by atoms with Gasteiger partial charge < -0.3 is 61.5 Å². The van der Waals surface area contributed by atoms with E-state index in [0.717, 1.165) is 33.0 Å². The van der Waals surface area contributed by atoms with Gasteiger partial charge in [-0.2, -0.15) is 0 Å². The topological polar surface area (TPSA) is 36.9 Å². The molecule has 4 rings (SSSR count). The van der Waals surface area contributed by atoms with E-state index in [0.29, 0.717) is 0 Å². The Balaban J connectivity index is 0.00000308. The van der Waals surface area contributed by atoms with Gasteiger partial charge >= 0.3 is 14.2 Å². The summed E-state index contributed by atoms with van der Waals surface area (Å²) in [5.41, 5.74) is 5.55. The monoisotopic (exact) mass is 708 g/mol. The van der Waals surface area contributed by atoms with Crippen molar-refractivity contribution in [3.63, 3.8) is 0 Å². The average molecular weight is 710 g/mol. The third-order valence-corrected chi connectivity index (χ3v) is 8.92. The number of rotatable bonds is 7. The van der Waals surface area contributed by atoms with E-state index in [1.807, 2.05) is 0 Å². The largest absolute Gasteiger partial charge is 1.00 e. The summed E-state index contributed by atoms with van der Waals surface area (Å²) in [7, 11) is 12.6. The lowest BCUT2D eigenvalue weighted by Gasteiger charge is -2.32. The lowest BCUT2D eigenvalue weighted by Crippen LogP contribution is -3.00. The molecule has 42 heavy (non-hydrogen) atoms. The minimum Gasteiger partial charge on any atom is -1.00 e. The minimum atomic E-state index is -0.389. The zero-order valence-electron chi connectivity index (χ0n) is 28.3. The van der Waals surface area contributed by atoms with Crippen LogP contribution in [0.2, 0.25) is 0 Å². The molecule has 234 valence electrons. The number of quaternary nitrogens is 2. The second-order valence-electron chi connectivity index (χ2n) is 15.9. The lowest BCUT2D eigenvalue weighted by molar-refractivity contribution is -0.883. The van der Waals surface area contributed by atoms with Crippen LogP contribution in [0.1, 0.15) is 66.5 Å². The van der Waals surface area contributed by atoms with E-state index < -0.39 is 0 Å². The SMILES string of the molecule is CC1(C)OB(c2ccc(-c3ccc(B4OC(C)(C)C(C)(C)O4)c(C[N+](C)(C)C)c3)cc2C[N+](C)(C)C)OC1(C)C.[Br-].[Br-]. The van der Waals surface area contributed by atoms with Gasteiger partial charge in [0.2, 0.25) is 0 Å². The molecule has 2 aliphatic rings. The molecule has 0 atom stereocenters. The van der Waals surface area contributed by atoms with Gasteiger partial charge in [-0.05, 0) is 89.6 Å². The maximum atomic E-state index is 6.47. The molecular weight excluding hydrogens is 658 g/mol. The number of benzene rings is 2. The molecule has 10 heteroatoms. The van der Waals surface area contributed by atoms with Crippen LogP contribution in [0.25, 0.3) is 11.1 Å². The van der Waals surface area contributed by atoms with Gasteiger partial charge in [0.25, 0.3) is 0 Å². The molecule has 2 aliphatic heterocycles. The van der Waals surface area contributed by atoms with Gasteiger partial charge in [-0.15, -0.1) is 0 Å². The van der Waals surface area contributed by atoms with Crippen molar-refractivity contribution in [3.8, 4) is 11.1 Å². The van der Waals surface area contributed by atoms with Crippen molar-refractivity contribution in [1.29, 1.82) is 0 Å². The maximum absolute atomic E-state index is 6.47. The van der Waals surface area contributed by atoms with Crippen LogP contribution in [0.15, 0.2) is 36.4 Å². The summed E-state index contributed by atoms with van der Waals surface area (Å²) in [6.45, 7) is 18.6. The molecule has 0 amide bonds. The molecule has 0 aliphatic carbocycles. The zero-order valence-corrected chi connectivity index (χ0v) is 31.5. The summed E-state index contributed by atoms with van der Waals surface area (Å²) in [5.74, 6) is 0. The molecule has 0 unspecified atom stereocenters. The Kier molecular flexibility index (Phi) is 10.9. The van der Waals surface area contributed by atoms with E-state index in [2.05, 4.69) is 134 Å². The highest BCUT2D eigenvalue weighted by Crippen LogP contribution is 2.38. The summed E-state index contributed by atoms with van der Waals surface area (Å²) in [5, 5.41) is 0. The highest BCUT2D eigenvalue weighted by molar-refractivity contribution is 6.63. The Morgan fingerprint density at radius 3 is 1.00 bits per heavy atom. The Bertz CT molecular complexity index is 1140. The van der Waals surface area contributed by atoms with Crippen LogP contribution in [-0.4, -0.2) is 87.9 Å². The normalized spacial score (nSPS) is 20.7. The summed E-state index contributed by atoms with van der Waals surface area (Å²) in [6, 6.07) is 13.5. The van der Waals surface area contributed by atoms with Gasteiger partial charge in [0.15, 0.2) is 0 Å². The van der Waals surface area contributed by atoms with Crippen molar-refractivity contribution in [3.05, 3.63) is 47.5 Å². The average Bonchev–Trinajstić information content (AvgIpc) is 3.10. The van der Waals surface area contributed by atoms with E-state index in [-0.39, 0.29) is 70.6 Å². The first kappa shape index (κ1) is 37.5. The van der Waals surface area contributed by atoms with Crippen LogP contribution in [0.5, 0.6) is 0 Å². The highest BCUT2D eigenvalue weighted by atomic mass is 79.9. The number of nitrogens with zero attached hydrogens (tertiary/aromatic N) is 2. The molecule has 2 fully saturated rings. The fourth-order valence-corrected chi connectivity index (χ4v) is 5.27. The zero-order chi connectivity index (χ0) is 30.1. The quantitative estimate of drug-likeness (QED) is 0.256. The molecule has 2 heterocycles. The molecule has 2 aromatic rings. The molecule has 6 nitrogen and oxygen atoms in total. The minimum absolute atomic E-state index is 0. The Morgan fingerprint density at radius 1 is 0.500 bits per heavy atom. The van der Waals surface area contributed by atoms with E-state index >= 15 is 0 Å². The van der Waals surface area contributed by atoms with Crippen LogP contribution < -0.4 is 44.9 Å². The molecule has 0 aromatic heterocycles. The first-order chi connectivity index (χ1) is 18.0. The molecule has 2 aromatic carbocycles. The number of halogens is 2. The molecule has 0 bridgehead atoms. The van der Waals surface area contributed by atoms with Gasteiger partial charge in [-0.25, -0.2) is 0 Å². The van der Waals surface area contributed by atoms with Crippen LogP contribution in [0.3, 0.4) is 0 Å². The summed E-state index contributed by atoms with van der Waals surface area (Å²) < 4.78 is 27.5. The summed E-state index contributed by atoms with van der Waals surface area (Å²) in [6.07, 6.45) is 0. The second kappa shape index (κ2) is 12.2. The van der Waals surface area contributed by atoms with Crippen LogP contribution in [-0.2, 0) is 31.7 Å². The smallest absolute Gasteiger partial charge is 0.495 e. The van der Waals surface area contributed by atoms with Gasteiger partial charge in [0.1, 0.15) is 13.1 Å². The van der Waals surface area contributed by atoms with Crippen molar-refractivity contribution >= 4 is 25.2 Å². The third-order valence-electron chi connectivity index (χ3n) is 8.92. The molecule has 2 saturated heterocycles. The first-order valence-corrected chi connectivity index (χ1v) is 14.6. The van der Waals surface area contributed by atoms with Crippen molar-refractivity contribution in [2.75, 3.05) is 42.3 Å². The predicted molar refractivity (Wildman–Crippen MR) is 167 cm³/mol. The highest BCUT2D eigenvalue weighted by Gasteiger charge is 2.53. The molecule has 0 N–H and O–H groups in total. The second-order valence-corrected chi connectivity index (χ2v) is 15.9. The van der Waals surface area contributed by atoms with Crippen molar-refractivity contribution in [2.24, 2.45) is 0 Å². The predicted octanol–water partition coefficient (Wildman–Crippen LogP) is -1.63. The first-order valence-electron chi connectivity index (χ1n) is 14.6.